The molecule has 1 heterocycles. The molecule has 0 aliphatic carbocycles. The molecule has 124 valence electrons. The van der Waals surface area contributed by atoms with E-state index in [-0.39, 0.29) is 17.9 Å². The van der Waals surface area contributed by atoms with Crippen LogP contribution in [0.3, 0.4) is 0 Å². The highest BCUT2D eigenvalue weighted by Gasteiger charge is 2.32. The van der Waals surface area contributed by atoms with Gasteiger partial charge in [-0.15, -0.1) is 0 Å². The van der Waals surface area contributed by atoms with Gasteiger partial charge in [0.1, 0.15) is 0 Å². The lowest BCUT2D eigenvalue weighted by molar-refractivity contribution is -0.131. The molecule has 0 saturated heterocycles. The minimum absolute atomic E-state index is 0.0266. The number of carbonyl (C=O) groups is 2. The normalized spacial score (nSPS) is 10.4. The Morgan fingerprint density at radius 2 is 1.91 bits per heavy atom. The molecular weight excluding hydrogens is 292 g/mol. The van der Waals surface area contributed by atoms with Crippen LogP contribution in [0, 0.1) is 17.3 Å². The van der Waals surface area contributed by atoms with Crippen LogP contribution in [0.2, 0.25) is 0 Å². The molecule has 1 amide bonds. The maximum absolute atomic E-state index is 12.3. The summed E-state index contributed by atoms with van der Waals surface area (Å²) in [7, 11) is 1.32. The van der Waals surface area contributed by atoms with Gasteiger partial charge in [-0.2, -0.15) is 0 Å². The van der Waals surface area contributed by atoms with Crippen molar-refractivity contribution in [3.8, 4) is 11.8 Å². The zero-order valence-corrected chi connectivity index (χ0v) is 14.2. The molecule has 0 saturated carbocycles. The largest absolute Gasteiger partial charge is 0.465 e. The van der Waals surface area contributed by atoms with Crippen LogP contribution in [-0.2, 0) is 9.53 Å². The standard InChI is InChI=1S/C18H24N2O3/c1-5-18(6-2,7-3)17(22)20-11-8-9-14-13-19-12-10-15(14)16(21)23-4/h10,12-13H,5-7,11H2,1-4H3,(H,20,22). The zero-order chi connectivity index (χ0) is 17.3. The Morgan fingerprint density at radius 3 is 2.48 bits per heavy atom. The summed E-state index contributed by atoms with van der Waals surface area (Å²) < 4.78 is 4.71. The van der Waals surface area contributed by atoms with Crippen molar-refractivity contribution in [3.63, 3.8) is 0 Å². The first-order valence-corrected chi connectivity index (χ1v) is 7.84. The first-order valence-electron chi connectivity index (χ1n) is 7.84. The molecule has 1 rings (SSSR count). The molecule has 5 heteroatoms. The van der Waals surface area contributed by atoms with Gasteiger partial charge in [-0.1, -0.05) is 32.6 Å². The number of ether oxygens (including phenoxy) is 1. The molecule has 1 N–H and O–H groups in total. The van der Waals surface area contributed by atoms with E-state index in [4.69, 9.17) is 4.74 Å². The second kappa shape index (κ2) is 8.94. The minimum atomic E-state index is -0.456. The van der Waals surface area contributed by atoms with Gasteiger partial charge in [-0.25, -0.2) is 4.79 Å². The van der Waals surface area contributed by atoms with Gasteiger partial charge in [0.25, 0.3) is 0 Å². The van der Waals surface area contributed by atoms with Gasteiger partial charge in [0.15, 0.2) is 0 Å². The number of hydrogen-bond acceptors (Lipinski definition) is 4. The van der Waals surface area contributed by atoms with Crippen LogP contribution in [-0.4, -0.2) is 30.5 Å². The van der Waals surface area contributed by atoms with Gasteiger partial charge in [0, 0.05) is 17.8 Å². The lowest BCUT2D eigenvalue weighted by atomic mass is 9.79. The van der Waals surface area contributed by atoms with Crippen LogP contribution < -0.4 is 5.32 Å². The SMILES string of the molecule is CCC(CC)(CC)C(=O)NCC#Cc1cnccc1C(=O)OC. The summed E-state index contributed by atoms with van der Waals surface area (Å²) in [4.78, 5) is 27.9. The molecular formula is C18H24N2O3. The van der Waals surface area contributed by atoms with E-state index in [0.717, 1.165) is 19.3 Å². The molecule has 1 aromatic heterocycles. The van der Waals surface area contributed by atoms with Crippen LogP contribution in [0.25, 0.3) is 0 Å². The number of carbonyl (C=O) groups excluding carboxylic acids is 2. The van der Waals surface area contributed by atoms with E-state index in [0.29, 0.717) is 11.1 Å². The zero-order valence-electron chi connectivity index (χ0n) is 14.2. The molecule has 5 nitrogen and oxygen atoms in total. The van der Waals surface area contributed by atoms with E-state index in [1.54, 1.807) is 6.07 Å². The Hall–Kier alpha value is -2.35. The summed E-state index contributed by atoms with van der Waals surface area (Å²) in [5.41, 5.74) is 0.528. The van der Waals surface area contributed by atoms with Crippen molar-refractivity contribution in [2.75, 3.05) is 13.7 Å². The van der Waals surface area contributed by atoms with E-state index in [1.165, 1.54) is 19.5 Å². The van der Waals surface area contributed by atoms with E-state index in [1.807, 2.05) is 20.8 Å². The van der Waals surface area contributed by atoms with Crippen molar-refractivity contribution in [2.45, 2.75) is 40.0 Å². The first-order chi connectivity index (χ1) is 11.0. The Labute approximate surface area is 137 Å². The topological polar surface area (TPSA) is 68.3 Å². The number of methoxy groups -OCH3 is 1. The van der Waals surface area contributed by atoms with Crippen molar-refractivity contribution < 1.29 is 14.3 Å². The smallest absolute Gasteiger partial charge is 0.339 e. The average molecular weight is 316 g/mol. The first kappa shape index (κ1) is 18.7. The Bertz CT molecular complexity index is 602. The van der Waals surface area contributed by atoms with Crippen molar-refractivity contribution in [3.05, 3.63) is 29.6 Å². The van der Waals surface area contributed by atoms with E-state index in [9.17, 15) is 9.59 Å². The van der Waals surface area contributed by atoms with Gasteiger partial charge >= 0.3 is 5.97 Å². The van der Waals surface area contributed by atoms with Gasteiger partial charge < -0.3 is 10.1 Å². The summed E-state index contributed by atoms with van der Waals surface area (Å²) in [6, 6.07) is 1.56. The number of amides is 1. The predicted molar refractivity (Wildman–Crippen MR) is 88.8 cm³/mol. The van der Waals surface area contributed by atoms with Crippen LogP contribution in [0.4, 0.5) is 0 Å². The average Bonchev–Trinajstić information content (AvgIpc) is 2.60. The number of nitrogens with zero attached hydrogens (tertiary/aromatic N) is 1. The number of pyridine rings is 1. The Balaban J connectivity index is 2.77. The fourth-order valence-electron chi connectivity index (χ4n) is 2.47. The van der Waals surface area contributed by atoms with E-state index < -0.39 is 5.97 Å². The van der Waals surface area contributed by atoms with Crippen LogP contribution >= 0.6 is 0 Å². The number of nitrogens with one attached hydrogen (secondary N) is 1. The quantitative estimate of drug-likeness (QED) is 0.647. The highest BCUT2D eigenvalue weighted by molar-refractivity contribution is 5.92. The van der Waals surface area contributed by atoms with Crippen molar-refractivity contribution in [2.24, 2.45) is 5.41 Å². The molecule has 0 atom stereocenters. The molecule has 0 unspecified atom stereocenters. The molecule has 0 spiro atoms. The van der Waals surface area contributed by atoms with Gasteiger partial charge in [-0.05, 0) is 25.3 Å². The number of rotatable bonds is 6. The third-order valence-corrected chi connectivity index (χ3v) is 4.30. The number of hydrogen-bond donors (Lipinski definition) is 1. The fourth-order valence-corrected chi connectivity index (χ4v) is 2.47. The van der Waals surface area contributed by atoms with Crippen molar-refractivity contribution in [1.82, 2.24) is 10.3 Å². The molecule has 0 aliphatic rings. The summed E-state index contributed by atoms with van der Waals surface area (Å²) in [6.07, 6.45) is 5.42. The third-order valence-electron chi connectivity index (χ3n) is 4.30. The fraction of sp³-hybridized carbons (Fsp3) is 0.500. The highest BCUT2D eigenvalue weighted by atomic mass is 16.5. The second-order valence-electron chi connectivity index (χ2n) is 5.24. The van der Waals surface area contributed by atoms with Gasteiger partial charge in [-0.3, -0.25) is 9.78 Å². The molecule has 1 aromatic rings. The third kappa shape index (κ3) is 4.56. The maximum Gasteiger partial charge on any atom is 0.339 e. The molecule has 0 aromatic carbocycles. The van der Waals surface area contributed by atoms with Crippen LogP contribution in [0.1, 0.15) is 56.0 Å². The van der Waals surface area contributed by atoms with Crippen molar-refractivity contribution >= 4 is 11.9 Å². The van der Waals surface area contributed by atoms with E-state index >= 15 is 0 Å². The highest BCUT2D eigenvalue weighted by Crippen LogP contribution is 2.30. The van der Waals surface area contributed by atoms with Crippen molar-refractivity contribution in [1.29, 1.82) is 0 Å². The molecule has 0 aliphatic heterocycles. The molecule has 0 fully saturated rings. The van der Waals surface area contributed by atoms with E-state index in [2.05, 4.69) is 22.1 Å². The molecule has 23 heavy (non-hydrogen) atoms. The lowest BCUT2D eigenvalue weighted by Crippen LogP contribution is -2.40. The minimum Gasteiger partial charge on any atom is -0.465 e. The predicted octanol–water partition coefficient (Wildman–Crippen LogP) is 2.55. The lowest BCUT2D eigenvalue weighted by Gasteiger charge is -2.28. The van der Waals surface area contributed by atoms with Crippen LogP contribution in [0.5, 0.6) is 0 Å². The molecule has 0 bridgehead atoms. The monoisotopic (exact) mass is 316 g/mol. The van der Waals surface area contributed by atoms with Gasteiger partial charge in [0.05, 0.1) is 24.8 Å². The second-order valence-corrected chi connectivity index (χ2v) is 5.24. The van der Waals surface area contributed by atoms with Gasteiger partial charge in [0.2, 0.25) is 5.91 Å². The Kier molecular flexibility index (Phi) is 7.27. The maximum atomic E-state index is 12.3. The summed E-state index contributed by atoms with van der Waals surface area (Å²) in [5, 5.41) is 2.86. The number of aromatic nitrogens is 1. The van der Waals surface area contributed by atoms with Crippen LogP contribution in [0.15, 0.2) is 18.5 Å². The summed E-state index contributed by atoms with van der Waals surface area (Å²) in [6.45, 7) is 6.31. The summed E-state index contributed by atoms with van der Waals surface area (Å²) in [5.74, 6) is 5.30. The Morgan fingerprint density at radius 1 is 1.26 bits per heavy atom. The summed E-state index contributed by atoms with van der Waals surface area (Å²) >= 11 is 0. The number of esters is 1. The molecule has 0 radical (unpaired) electrons.